The van der Waals surface area contributed by atoms with Crippen molar-refractivity contribution in [1.29, 1.82) is 0 Å². The first-order chi connectivity index (χ1) is 17.8. The summed E-state index contributed by atoms with van der Waals surface area (Å²) in [5.41, 5.74) is 7.90. The maximum Gasteiger partial charge on any atom is 0.305 e. The quantitative estimate of drug-likeness (QED) is 0.273. The summed E-state index contributed by atoms with van der Waals surface area (Å²) in [5, 5.41) is 24.2. The third kappa shape index (κ3) is 8.12. The smallest absolute Gasteiger partial charge is 0.305 e. The number of benzene rings is 2. The molecule has 10 heteroatoms. The molecular formula is C27H34N4O6. The topological polar surface area (TPSA) is 162 Å². The Morgan fingerprint density at radius 3 is 2.11 bits per heavy atom. The molecule has 0 aromatic heterocycles. The van der Waals surface area contributed by atoms with Gasteiger partial charge in [-0.2, -0.15) is 0 Å². The standard InChI is InChI=1S/C27H34N4O6/c28-21(15-19-10-5-2-6-11-19)27(37)31-13-7-12-23(31)26(36)30-22(17-32)25(35)29-20(16-24(33)34)14-18-8-3-1-4-9-18/h1-6,8-11,20-23,32H,7,12-17,28H2,(H,29,35)(H,30,36)(H,33,34)/t20-,21-,22-,23-/m0/s1. The van der Waals surface area contributed by atoms with Crippen LogP contribution in [0, 0.1) is 0 Å². The predicted molar refractivity (Wildman–Crippen MR) is 136 cm³/mol. The van der Waals surface area contributed by atoms with E-state index in [1.54, 1.807) is 0 Å². The molecule has 0 bridgehead atoms. The highest BCUT2D eigenvalue weighted by Gasteiger charge is 2.37. The number of nitrogens with one attached hydrogen (secondary N) is 2. The molecule has 0 spiro atoms. The first-order valence-corrected chi connectivity index (χ1v) is 12.4. The summed E-state index contributed by atoms with van der Waals surface area (Å²) >= 11 is 0. The maximum atomic E-state index is 13.0. The van der Waals surface area contributed by atoms with Gasteiger partial charge in [0.15, 0.2) is 0 Å². The number of carbonyl (C=O) groups is 4. The molecule has 3 rings (SSSR count). The third-order valence-electron chi connectivity index (χ3n) is 6.36. The zero-order valence-corrected chi connectivity index (χ0v) is 20.6. The SMILES string of the molecule is N[C@@H](Cc1ccccc1)C(=O)N1CCC[C@H]1C(=O)N[C@@H](CO)C(=O)N[C@H](CC(=O)O)Cc1ccccc1. The lowest BCUT2D eigenvalue weighted by atomic mass is 10.0. The van der Waals surface area contributed by atoms with E-state index in [4.69, 9.17) is 5.73 Å². The van der Waals surface area contributed by atoms with Crippen LogP contribution >= 0.6 is 0 Å². The Morgan fingerprint density at radius 2 is 1.54 bits per heavy atom. The van der Waals surface area contributed by atoms with Gasteiger partial charge in [0.05, 0.1) is 19.1 Å². The molecular weight excluding hydrogens is 476 g/mol. The van der Waals surface area contributed by atoms with Gasteiger partial charge in [0.2, 0.25) is 17.7 Å². The Labute approximate surface area is 215 Å². The number of carbonyl (C=O) groups excluding carboxylic acids is 3. The summed E-state index contributed by atoms with van der Waals surface area (Å²) in [6.07, 6.45) is 1.30. The van der Waals surface area contributed by atoms with E-state index in [9.17, 15) is 29.4 Å². The molecule has 0 radical (unpaired) electrons. The van der Waals surface area contributed by atoms with E-state index in [1.165, 1.54) is 4.90 Å². The monoisotopic (exact) mass is 510 g/mol. The van der Waals surface area contributed by atoms with Crippen LogP contribution < -0.4 is 16.4 Å². The van der Waals surface area contributed by atoms with E-state index in [1.807, 2.05) is 60.7 Å². The summed E-state index contributed by atoms with van der Waals surface area (Å²) in [6.45, 7) is -0.315. The molecule has 1 saturated heterocycles. The van der Waals surface area contributed by atoms with Gasteiger partial charge in [0.1, 0.15) is 12.1 Å². The number of nitrogens with two attached hydrogens (primary N) is 1. The highest BCUT2D eigenvalue weighted by molar-refractivity contribution is 5.93. The van der Waals surface area contributed by atoms with Crippen LogP contribution in [-0.4, -0.2) is 76.1 Å². The number of likely N-dealkylation sites (tertiary alicyclic amines) is 1. The van der Waals surface area contributed by atoms with E-state index in [-0.39, 0.29) is 18.7 Å². The summed E-state index contributed by atoms with van der Waals surface area (Å²) in [6, 6.07) is 14.8. The number of nitrogens with zero attached hydrogens (tertiary/aromatic N) is 1. The fraction of sp³-hybridized carbons (Fsp3) is 0.407. The Balaban J connectivity index is 1.61. The van der Waals surface area contributed by atoms with Crippen molar-refractivity contribution in [2.75, 3.05) is 13.2 Å². The Kier molecular flexibility index (Phi) is 10.2. The van der Waals surface area contributed by atoms with Crippen molar-refractivity contribution in [3.05, 3.63) is 71.8 Å². The van der Waals surface area contributed by atoms with Crippen molar-refractivity contribution >= 4 is 23.7 Å². The van der Waals surface area contributed by atoms with E-state index in [0.717, 1.165) is 11.1 Å². The van der Waals surface area contributed by atoms with E-state index in [2.05, 4.69) is 10.6 Å². The molecule has 10 nitrogen and oxygen atoms in total. The summed E-state index contributed by atoms with van der Waals surface area (Å²) < 4.78 is 0. The van der Waals surface area contributed by atoms with Crippen LogP contribution in [0.2, 0.25) is 0 Å². The van der Waals surface area contributed by atoms with Gasteiger partial charge in [-0.1, -0.05) is 60.7 Å². The first kappa shape index (κ1) is 27.8. The van der Waals surface area contributed by atoms with Gasteiger partial charge in [-0.25, -0.2) is 0 Å². The molecule has 198 valence electrons. The minimum Gasteiger partial charge on any atom is -0.481 e. The van der Waals surface area contributed by atoms with Crippen LogP contribution in [0.4, 0.5) is 0 Å². The molecule has 1 aliphatic heterocycles. The molecule has 37 heavy (non-hydrogen) atoms. The lowest BCUT2D eigenvalue weighted by Crippen LogP contribution is -2.57. The van der Waals surface area contributed by atoms with Crippen LogP contribution in [0.15, 0.2) is 60.7 Å². The van der Waals surface area contributed by atoms with Gasteiger partial charge in [-0.3, -0.25) is 19.2 Å². The van der Waals surface area contributed by atoms with Crippen LogP contribution in [0.3, 0.4) is 0 Å². The molecule has 2 aromatic rings. The molecule has 0 aliphatic carbocycles. The third-order valence-corrected chi connectivity index (χ3v) is 6.36. The largest absolute Gasteiger partial charge is 0.481 e. The van der Waals surface area contributed by atoms with Gasteiger partial charge in [-0.15, -0.1) is 0 Å². The number of aliphatic hydroxyl groups excluding tert-OH is 1. The number of aliphatic carboxylic acids is 1. The van der Waals surface area contributed by atoms with E-state index >= 15 is 0 Å². The van der Waals surface area contributed by atoms with Gasteiger partial charge in [-0.05, 0) is 36.8 Å². The predicted octanol–water partition coefficient (Wildman–Crippen LogP) is 0.227. The number of amides is 3. The van der Waals surface area contributed by atoms with E-state index in [0.29, 0.717) is 25.8 Å². The van der Waals surface area contributed by atoms with Crippen LogP contribution in [0.5, 0.6) is 0 Å². The maximum absolute atomic E-state index is 13.0. The highest BCUT2D eigenvalue weighted by Crippen LogP contribution is 2.19. The van der Waals surface area contributed by atoms with E-state index < -0.39 is 48.6 Å². The number of hydrogen-bond donors (Lipinski definition) is 5. The molecule has 4 atom stereocenters. The van der Waals surface area contributed by atoms with Gasteiger partial charge < -0.3 is 31.5 Å². The minimum atomic E-state index is -1.30. The molecule has 1 heterocycles. The number of aliphatic hydroxyl groups is 1. The highest BCUT2D eigenvalue weighted by atomic mass is 16.4. The fourth-order valence-corrected chi connectivity index (χ4v) is 4.52. The lowest BCUT2D eigenvalue weighted by molar-refractivity contribution is -0.140. The normalized spacial score (nSPS) is 17.5. The molecule has 0 saturated carbocycles. The van der Waals surface area contributed by atoms with Crippen molar-refractivity contribution in [2.24, 2.45) is 5.73 Å². The zero-order chi connectivity index (χ0) is 26.8. The molecule has 1 aliphatic rings. The number of carboxylic acid groups (broad SMARTS) is 1. The zero-order valence-electron chi connectivity index (χ0n) is 20.6. The van der Waals surface area contributed by atoms with Crippen LogP contribution in [0.1, 0.15) is 30.4 Å². The Hall–Kier alpha value is -3.76. The van der Waals surface area contributed by atoms with Crippen LogP contribution in [0.25, 0.3) is 0 Å². The first-order valence-electron chi connectivity index (χ1n) is 12.4. The second kappa shape index (κ2) is 13.5. The summed E-state index contributed by atoms with van der Waals surface area (Å²) in [7, 11) is 0. The molecule has 2 aromatic carbocycles. The van der Waals surface area contributed by atoms with Gasteiger partial charge in [0.25, 0.3) is 0 Å². The molecule has 1 fully saturated rings. The second-order valence-corrected chi connectivity index (χ2v) is 9.22. The number of carboxylic acids is 1. The summed E-state index contributed by atoms with van der Waals surface area (Å²) in [5.74, 6) is -2.70. The van der Waals surface area contributed by atoms with Crippen molar-refractivity contribution in [2.45, 2.75) is 56.3 Å². The molecule has 3 amide bonds. The molecule has 6 N–H and O–H groups in total. The van der Waals surface area contributed by atoms with Crippen molar-refractivity contribution in [3.63, 3.8) is 0 Å². The summed E-state index contributed by atoms with van der Waals surface area (Å²) in [4.78, 5) is 51.7. The Bertz CT molecular complexity index is 1070. The van der Waals surface area contributed by atoms with Crippen LogP contribution in [-0.2, 0) is 32.0 Å². The number of rotatable bonds is 12. The van der Waals surface area contributed by atoms with Crippen molar-refractivity contribution < 1.29 is 29.4 Å². The average Bonchev–Trinajstić information content (AvgIpc) is 3.37. The minimum absolute atomic E-state index is 0.273. The Morgan fingerprint density at radius 1 is 0.946 bits per heavy atom. The lowest BCUT2D eigenvalue weighted by Gasteiger charge is -2.28. The van der Waals surface area contributed by atoms with Crippen molar-refractivity contribution in [3.8, 4) is 0 Å². The fourth-order valence-electron chi connectivity index (χ4n) is 4.52. The van der Waals surface area contributed by atoms with Gasteiger partial charge >= 0.3 is 5.97 Å². The number of hydrogen-bond acceptors (Lipinski definition) is 6. The molecule has 0 unspecified atom stereocenters. The second-order valence-electron chi connectivity index (χ2n) is 9.22. The average molecular weight is 511 g/mol. The van der Waals surface area contributed by atoms with Crippen molar-refractivity contribution in [1.82, 2.24) is 15.5 Å². The van der Waals surface area contributed by atoms with Gasteiger partial charge in [0, 0.05) is 12.6 Å².